The van der Waals surface area contributed by atoms with Crippen molar-refractivity contribution in [1.29, 1.82) is 0 Å². The Kier molecular flexibility index (Phi) is 16.4. The highest BCUT2D eigenvalue weighted by molar-refractivity contribution is 7.57. The summed E-state index contributed by atoms with van der Waals surface area (Å²) in [6, 6.07) is 0. The summed E-state index contributed by atoms with van der Waals surface area (Å²) in [6.07, 6.45) is 34.0. The van der Waals surface area contributed by atoms with E-state index in [9.17, 15) is 0 Å². The second-order valence-corrected chi connectivity index (χ2v) is 13.2. The normalized spacial score (nSPS) is 22.2. The molecule has 0 spiro atoms. The molecule has 1 saturated carbocycles. The average molecular weight is 451 g/mol. The zero-order valence-electron chi connectivity index (χ0n) is 21.3. The standard InChI is InChI=1S/C29H55OP/c1-3-5-7-9-11-15-21-31(22-16-12-10-8-6-4-2)23-17-13-14-20-30-26-29-25-27-18-19-28(29)24-27/h18-19,27-29H,3-17,20-26H2,1-2H3. The summed E-state index contributed by atoms with van der Waals surface area (Å²) >= 11 is 0. The lowest BCUT2D eigenvalue weighted by atomic mass is 9.95. The van der Waals surface area contributed by atoms with Gasteiger partial charge in [0.05, 0.1) is 0 Å². The van der Waals surface area contributed by atoms with E-state index in [2.05, 4.69) is 26.0 Å². The predicted octanol–water partition coefficient (Wildman–Crippen LogP) is 9.59. The molecule has 2 aliphatic carbocycles. The van der Waals surface area contributed by atoms with Crippen molar-refractivity contribution in [2.75, 3.05) is 31.7 Å². The minimum Gasteiger partial charge on any atom is -0.381 e. The molecule has 182 valence electrons. The first kappa shape index (κ1) is 27.4. The molecule has 2 aliphatic rings. The average Bonchev–Trinajstić information content (AvgIpc) is 3.40. The quantitative estimate of drug-likeness (QED) is 0.0906. The fourth-order valence-corrected chi connectivity index (χ4v) is 8.29. The number of unbranched alkanes of at least 4 members (excludes halogenated alkanes) is 12. The Bertz CT molecular complexity index is 418. The van der Waals surface area contributed by atoms with E-state index in [0.717, 1.165) is 31.0 Å². The molecular weight excluding hydrogens is 395 g/mol. The summed E-state index contributed by atoms with van der Waals surface area (Å²) in [5.41, 5.74) is 0. The third-order valence-electron chi connectivity index (χ3n) is 7.67. The summed E-state index contributed by atoms with van der Waals surface area (Å²) in [6.45, 7) is 6.67. The van der Waals surface area contributed by atoms with Crippen molar-refractivity contribution in [1.82, 2.24) is 0 Å². The van der Waals surface area contributed by atoms with Crippen LogP contribution in [0.2, 0.25) is 0 Å². The fourth-order valence-electron chi connectivity index (χ4n) is 5.60. The van der Waals surface area contributed by atoms with Gasteiger partial charge in [-0.3, -0.25) is 0 Å². The maximum absolute atomic E-state index is 6.07. The van der Waals surface area contributed by atoms with Gasteiger partial charge in [0.1, 0.15) is 0 Å². The SMILES string of the molecule is CCCCCCCCP(CCCCCCCC)CCCCCOCC1CC2C=CC1C2. The highest BCUT2D eigenvalue weighted by atomic mass is 31.1. The van der Waals surface area contributed by atoms with Crippen LogP contribution in [0.4, 0.5) is 0 Å². The molecule has 0 heterocycles. The van der Waals surface area contributed by atoms with Crippen LogP contribution in [0.5, 0.6) is 0 Å². The van der Waals surface area contributed by atoms with Gasteiger partial charge in [-0.2, -0.15) is 0 Å². The summed E-state index contributed by atoms with van der Waals surface area (Å²) < 4.78 is 6.07. The lowest BCUT2D eigenvalue weighted by Crippen LogP contribution is -2.14. The topological polar surface area (TPSA) is 9.23 Å². The number of allylic oxidation sites excluding steroid dienone is 2. The van der Waals surface area contributed by atoms with Crippen molar-refractivity contribution in [2.24, 2.45) is 17.8 Å². The Hall–Kier alpha value is 0.130. The summed E-state index contributed by atoms with van der Waals surface area (Å²) in [5.74, 6) is 2.56. The molecule has 31 heavy (non-hydrogen) atoms. The number of ether oxygens (including phenoxy) is 1. The smallest absolute Gasteiger partial charge is 0.0500 e. The lowest BCUT2D eigenvalue weighted by molar-refractivity contribution is 0.0879. The van der Waals surface area contributed by atoms with Crippen LogP contribution in [0.25, 0.3) is 0 Å². The van der Waals surface area contributed by atoms with E-state index in [1.165, 1.54) is 115 Å². The van der Waals surface area contributed by atoms with Crippen molar-refractivity contribution < 1.29 is 4.74 Å². The fraction of sp³-hybridized carbons (Fsp3) is 0.931. The second kappa shape index (κ2) is 18.5. The van der Waals surface area contributed by atoms with Crippen molar-refractivity contribution in [3.8, 4) is 0 Å². The largest absolute Gasteiger partial charge is 0.381 e. The van der Waals surface area contributed by atoms with Gasteiger partial charge < -0.3 is 4.74 Å². The molecule has 3 atom stereocenters. The zero-order chi connectivity index (χ0) is 22.0. The maximum atomic E-state index is 6.07. The molecule has 2 heteroatoms. The molecule has 3 unspecified atom stereocenters. The van der Waals surface area contributed by atoms with Crippen LogP contribution in [0.1, 0.15) is 123 Å². The van der Waals surface area contributed by atoms with Crippen LogP contribution in [-0.2, 0) is 4.74 Å². The van der Waals surface area contributed by atoms with E-state index in [4.69, 9.17) is 4.74 Å². The van der Waals surface area contributed by atoms with Gasteiger partial charge in [-0.05, 0) is 74.8 Å². The van der Waals surface area contributed by atoms with Crippen molar-refractivity contribution in [3.05, 3.63) is 12.2 Å². The van der Waals surface area contributed by atoms with E-state index in [1.54, 1.807) is 12.3 Å². The minimum absolute atomic E-state index is 0.307. The monoisotopic (exact) mass is 450 g/mol. The van der Waals surface area contributed by atoms with E-state index in [-0.39, 0.29) is 0 Å². The van der Waals surface area contributed by atoms with Gasteiger partial charge in [-0.1, -0.05) is 96.6 Å². The molecule has 0 aromatic rings. The molecule has 0 aromatic carbocycles. The first-order chi connectivity index (χ1) is 15.3. The molecule has 2 rings (SSSR count). The second-order valence-electron chi connectivity index (χ2n) is 10.6. The number of hydrogen-bond donors (Lipinski definition) is 0. The van der Waals surface area contributed by atoms with Crippen molar-refractivity contribution >= 4 is 7.92 Å². The summed E-state index contributed by atoms with van der Waals surface area (Å²) in [5, 5.41) is 0. The molecule has 0 saturated heterocycles. The van der Waals surface area contributed by atoms with Crippen LogP contribution in [-0.4, -0.2) is 31.7 Å². The van der Waals surface area contributed by atoms with E-state index < -0.39 is 0 Å². The Morgan fingerprint density at radius 1 is 0.645 bits per heavy atom. The van der Waals surface area contributed by atoms with Gasteiger partial charge in [0, 0.05) is 13.2 Å². The van der Waals surface area contributed by atoms with Crippen molar-refractivity contribution in [2.45, 2.75) is 123 Å². The molecule has 1 nitrogen and oxygen atoms in total. The Labute approximate surface area is 197 Å². The van der Waals surface area contributed by atoms with Crippen LogP contribution in [0.3, 0.4) is 0 Å². The van der Waals surface area contributed by atoms with Crippen LogP contribution >= 0.6 is 7.92 Å². The van der Waals surface area contributed by atoms with Gasteiger partial charge in [0.15, 0.2) is 0 Å². The molecule has 0 N–H and O–H groups in total. The molecule has 0 aromatic heterocycles. The molecular formula is C29H55OP. The van der Waals surface area contributed by atoms with Crippen LogP contribution in [0.15, 0.2) is 12.2 Å². The Balaban J connectivity index is 1.48. The molecule has 1 fully saturated rings. The van der Waals surface area contributed by atoms with E-state index in [1.807, 2.05) is 0 Å². The predicted molar refractivity (Wildman–Crippen MR) is 142 cm³/mol. The molecule has 0 amide bonds. The zero-order valence-corrected chi connectivity index (χ0v) is 22.2. The summed E-state index contributed by atoms with van der Waals surface area (Å²) in [4.78, 5) is 0. The van der Waals surface area contributed by atoms with Gasteiger partial charge in [0.25, 0.3) is 0 Å². The number of fused-ring (bicyclic) bond motifs is 2. The van der Waals surface area contributed by atoms with Crippen LogP contribution < -0.4 is 0 Å². The van der Waals surface area contributed by atoms with Gasteiger partial charge >= 0.3 is 0 Å². The van der Waals surface area contributed by atoms with Gasteiger partial charge in [0.2, 0.25) is 0 Å². The highest BCUT2D eigenvalue weighted by Gasteiger charge is 2.35. The van der Waals surface area contributed by atoms with Crippen LogP contribution in [0, 0.1) is 17.8 Å². The summed E-state index contributed by atoms with van der Waals surface area (Å²) in [7, 11) is 0.307. The van der Waals surface area contributed by atoms with Crippen molar-refractivity contribution in [3.63, 3.8) is 0 Å². The Morgan fingerprint density at radius 2 is 1.19 bits per heavy atom. The lowest BCUT2D eigenvalue weighted by Gasteiger charge is -2.19. The third kappa shape index (κ3) is 12.8. The molecule has 2 bridgehead atoms. The van der Waals surface area contributed by atoms with E-state index >= 15 is 0 Å². The third-order valence-corrected chi connectivity index (χ3v) is 10.5. The van der Waals surface area contributed by atoms with Gasteiger partial charge in [-0.15, -0.1) is 7.92 Å². The van der Waals surface area contributed by atoms with Gasteiger partial charge in [-0.25, -0.2) is 0 Å². The Morgan fingerprint density at radius 3 is 1.71 bits per heavy atom. The molecule has 0 aliphatic heterocycles. The highest BCUT2D eigenvalue weighted by Crippen LogP contribution is 2.43. The number of hydrogen-bond acceptors (Lipinski definition) is 1. The minimum atomic E-state index is 0.307. The maximum Gasteiger partial charge on any atom is 0.0500 e. The van der Waals surface area contributed by atoms with E-state index in [0.29, 0.717) is 7.92 Å². The number of rotatable bonds is 22. The first-order valence-electron chi connectivity index (χ1n) is 14.3. The molecule has 0 radical (unpaired) electrons. The first-order valence-corrected chi connectivity index (χ1v) is 16.2.